The maximum atomic E-state index is 12.5. The number of hydrazone groups is 1. The van der Waals surface area contributed by atoms with Crippen LogP contribution in [0.15, 0.2) is 114 Å². The van der Waals surface area contributed by atoms with Gasteiger partial charge in [-0.05, 0) is 71.8 Å². The molecule has 0 unspecified atom stereocenters. The number of benzene rings is 4. The summed E-state index contributed by atoms with van der Waals surface area (Å²) in [5.74, 6) is 0.798. The molecule has 2 N–H and O–H groups in total. The van der Waals surface area contributed by atoms with Crippen molar-refractivity contribution in [3.8, 4) is 17.2 Å². The normalized spacial score (nSPS) is 11.1. The van der Waals surface area contributed by atoms with Crippen molar-refractivity contribution >= 4 is 33.7 Å². The molecule has 4 aromatic rings. The van der Waals surface area contributed by atoms with E-state index in [1.165, 1.54) is 6.21 Å². The van der Waals surface area contributed by atoms with Gasteiger partial charge in [0.2, 0.25) is 10.0 Å². The van der Waals surface area contributed by atoms with Gasteiger partial charge in [-0.3, -0.25) is 13.9 Å². The van der Waals surface area contributed by atoms with Gasteiger partial charge in [0.05, 0.1) is 18.2 Å². The van der Waals surface area contributed by atoms with Crippen molar-refractivity contribution in [1.82, 2.24) is 10.7 Å². The summed E-state index contributed by atoms with van der Waals surface area (Å²) < 4.78 is 37.0. The number of amides is 2. The lowest BCUT2D eigenvalue weighted by Crippen LogP contribution is -2.38. The number of hydrogen-bond acceptors (Lipinski definition) is 7. The van der Waals surface area contributed by atoms with Crippen LogP contribution >= 0.6 is 0 Å². The van der Waals surface area contributed by atoms with Crippen LogP contribution in [0.3, 0.4) is 0 Å². The van der Waals surface area contributed by atoms with Crippen LogP contribution in [-0.4, -0.2) is 45.9 Å². The van der Waals surface area contributed by atoms with Gasteiger partial charge in [-0.1, -0.05) is 48.5 Å². The van der Waals surface area contributed by atoms with E-state index in [1.54, 1.807) is 60.7 Å². The highest BCUT2D eigenvalue weighted by Crippen LogP contribution is 2.25. The van der Waals surface area contributed by atoms with Gasteiger partial charge in [0.1, 0.15) is 23.8 Å². The van der Waals surface area contributed by atoms with Crippen LogP contribution in [0, 0.1) is 0 Å². The Hall–Kier alpha value is -5.16. The Bertz CT molecular complexity index is 1600. The molecule has 0 aromatic heterocycles. The smallest absolute Gasteiger partial charge is 0.260 e. The first-order valence-electron chi connectivity index (χ1n) is 12.9. The number of rotatable bonds is 13. The highest BCUT2D eigenvalue weighted by atomic mass is 32.2. The molecule has 0 aliphatic rings. The Morgan fingerprint density at radius 2 is 1.38 bits per heavy atom. The Morgan fingerprint density at radius 3 is 2.02 bits per heavy atom. The van der Waals surface area contributed by atoms with E-state index in [0.29, 0.717) is 35.0 Å². The molecule has 0 saturated carbocycles. The van der Waals surface area contributed by atoms with Gasteiger partial charge in [0.15, 0.2) is 6.61 Å². The predicted octanol–water partition coefficient (Wildman–Crippen LogP) is 4.09. The zero-order valence-electron chi connectivity index (χ0n) is 22.8. The number of nitrogens with one attached hydrogen (secondary N) is 2. The summed E-state index contributed by atoms with van der Waals surface area (Å²) in [5, 5.41) is 6.71. The van der Waals surface area contributed by atoms with Crippen molar-refractivity contribution < 1.29 is 27.5 Å². The maximum absolute atomic E-state index is 12.5. The van der Waals surface area contributed by atoms with Gasteiger partial charge in [0.25, 0.3) is 11.8 Å². The summed E-state index contributed by atoms with van der Waals surface area (Å²) in [6.45, 7) is -0.174. The maximum Gasteiger partial charge on any atom is 0.260 e. The van der Waals surface area contributed by atoms with Crippen molar-refractivity contribution in [3.63, 3.8) is 0 Å². The minimum atomic E-state index is -3.76. The number of carbonyl (C=O) groups excluding carboxylic acids is 2. The monoisotopic (exact) mass is 586 g/mol. The number of sulfonamides is 1. The van der Waals surface area contributed by atoms with Crippen LogP contribution in [0.1, 0.15) is 11.1 Å². The fourth-order valence-corrected chi connectivity index (χ4v) is 4.55. The predicted molar refractivity (Wildman–Crippen MR) is 161 cm³/mol. The van der Waals surface area contributed by atoms with E-state index < -0.39 is 22.5 Å². The number of carbonyl (C=O) groups is 2. The van der Waals surface area contributed by atoms with Crippen molar-refractivity contribution in [2.75, 3.05) is 23.7 Å². The molecule has 0 aliphatic carbocycles. The summed E-state index contributed by atoms with van der Waals surface area (Å²) in [6, 6.07) is 31.9. The standard InChI is InChI=1S/C31H30N4O6S/c1-42(38,39)35(26-14-18-29(19-15-26)41-28-10-6-3-7-11-28)22-30(36)34-33-21-25-12-16-27(17-13-25)40-23-31(37)32-20-24-8-4-2-5-9-24/h2-19,21H,20,22-23H2,1H3,(H,32,37)(H,34,36)/b33-21-. The number of nitrogens with zero attached hydrogens (tertiary/aromatic N) is 2. The quantitative estimate of drug-likeness (QED) is 0.180. The van der Waals surface area contributed by atoms with Gasteiger partial charge in [0, 0.05) is 6.54 Å². The third-order valence-electron chi connectivity index (χ3n) is 5.78. The highest BCUT2D eigenvalue weighted by molar-refractivity contribution is 7.92. The van der Waals surface area contributed by atoms with E-state index in [9.17, 15) is 18.0 Å². The van der Waals surface area contributed by atoms with Crippen LogP contribution in [0.25, 0.3) is 0 Å². The fraction of sp³-hybridized carbons (Fsp3) is 0.129. The molecule has 0 saturated heterocycles. The van der Waals surface area contributed by atoms with Gasteiger partial charge in [-0.25, -0.2) is 13.8 Å². The second-order valence-electron chi connectivity index (χ2n) is 9.09. The molecule has 11 heteroatoms. The topological polar surface area (TPSA) is 126 Å². The lowest BCUT2D eigenvalue weighted by atomic mass is 10.2. The van der Waals surface area contributed by atoms with Crippen molar-refractivity contribution in [2.24, 2.45) is 5.10 Å². The average molecular weight is 587 g/mol. The molecule has 0 fully saturated rings. The third kappa shape index (κ3) is 9.49. The summed E-state index contributed by atoms with van der Waals surface area (Å²) in [7, 11) is -3.76. The minimum Gasteiger partial charge on any atom is -0.484 e. The van der Waals surface area contributed by atoms with Gasteiger partial charge < -0.3 is 14.8 Å². The molecular weight excluding hydrogens is 556 g/mol. The summed E-state index contributed by atoms with van der Waals surface area (Å²) in [5.41, 5.74) is 4.30. The van der Waals surface area contributed by atoms with Gasteiger partial charge in [-0.15, -0.1) is 0 Å². The molecule has 0 bridgehead atoms. The second kappa shape index (κ2) is 14.5. The Morgan fingerprint density at radius 1 is 0.786 bits per heavy atom. The van der Waals surface area contributed by atoms with Crippen molar-refractivity contribution in [2.45, 2.75) is 6.54 Å². The van der Waals surface area contributed by atoms with E-state index in [4.69, 9.17) is 9.47 Å². The van der Waals surface area contributed by atoms with Gasteiger partial charge in [-0.2, -0.15) is 5.10 Å². The Labute approximate surface area is 244 Å². The van der Waals surface area contributed by atoms with E-state index in [0.717, 1.165) is 16.1 Å². The third-order valence-corrected chi connectivity index (χ3v) is 6.92. The zero-order valence-corrected chi connectivity index (χ0v) is 23.7. The summed E-state index contributed by atoms with van der Waals surface area (Å²) >= 11 is 0. The molecular formula is C31H30N4O6S. The van der Waals surface area contributed by atoms with E-state index in [1.807, 2.05) is 48.5 Å². The number of ether oxygens (including phenoxy) is 2. The summed E-state index contributed by atoms with van der Waals surface area (Å²) in [6.07, 6.45) is 2.43. The fourth-order valence-electron chi connectivity index (χ4n) is 3.70. The molecule has 4 rings (SSSR count). The Kier molecular flexibility index (Phi) is 10.3. The molecule has 0 atom stereocenters. The van der Waals surface area contributed by atoms with Crippen LogP contribution in [0.2, 0.25) is 0 Å². The molecule has 10 nitrogen and oxygen atoms in total. The van der Waals surface area contributed by atoms with Crippen molar-refractivity contribution in [3.05, 3.63) is 120 Å². The first-order valence-corrected chi connectivity index (χ1v) is 14.8. The number of anilines is 1. The molecule has 0 radical (unpaired) electrons. The van der Waals surface area contributed by atoms with Crippen LogP contribution < -0.4 is 24.5 Å². The molecule has 0 spiro atoms. The molecule has 0 heterocycles. The molecule has 42 heavy (non-hydrogen) atoms. The summed E-state index contributed by atoms with van der Waals surface area (Å²) in [4.78, 5) is 24.5. The average Bonchev–Trinajstić information content (AvgIpc) is 2.99. The van der Waals surface area contributed by atoms with E-state index in [-0.39, 0.29) is 12.5 Å². The SMILES string of the molecule is CS(=O)(=O)N(CC(=O)N/N=C\c1ccc(OCC(=O)NCc2ccccc2)cc1)c1ccc(Oc2ccccc2)cc1. The molecule has 4 aromatic carbocycles. The largest absolute Gasteiger partial charge is 0.484 e. The highest BCUT2D eigenvalue weighted by Gasteiger charge is 2.21. The van der Waals surface area contributed by atoms with E-state index in [2.05, 4.69) is 15.8 Å². The van der Waals surface area contributed by atoms with Crippen LogP contribution in [0.5, 0.6) is 17.2 Å². The second-order valence-corrected chi connectivity index (χ2v) is 11.0. The van der Waals surface area contributed by atoms with Crippen LogP contribution in [0.4, 0.5) is 5.69 Å². The first-order chi connectivity index (χ1) is 20.3. The Balaban J connectivity index is 1.25. The number of para-hydroxylation sites is 1. The molecule has 2 amide bonds. The lowest BCUT2D eigenvalue weighted by molar-refractivity contribution is -0.123. The lowest BCUT2D eigenvalue weighted by Gasteiger charge is -2.21. The van der Waals surface area contributed by atoms with E-state index >= 15 is 0 Å². The number of hydrogen-bond donors (Lipinski definition) is 2. The molecule has 0 aliphatic heterocycles. The minimum absolute atomic E-state index is 0.129. The molecule has 216 valence electrons. The first kappa shape index (κ1) is 29.8. The zero-order chi connectivity index (χ0) is 29.8. The van der Waals surface area contributed by atoms with Gasteiger partial charge >= 0.3 is 0 Å². The van der Waals surface area contributed by atoms with Crippen molar-refractivity contribution in [1.29, 1.82) is 0 Å². The van der Waals surface area contributed by atoms with Crippen LogP contribution in [-0.2, 0) is 26.2 Å².